The topological polar surface area (TPSA) is 61.4 Å². The summed E-state index contributed by atoms with van der Waals surface area (Å²) in [5.41, 5.74) is 0. The highest BCUT2D eigenvalue weighted by molar-refractivity contribution is 5.84. The highest BCUT2D eigenvalue weighted by Gasteiger charge is 2.32. The van der Waals surface area contributed by atoms with E-state index >= 15 is 0 Å². The summed E-state index contributed by atoms with van der Waals surface area (Å²) >= 11 is 0. The number of piperidine rings is 2. The third kappa shape index (κ3) is 4.70. The lowest BCUT2D eigenvalue weighted by molar-refractivity contribution is -0.138. The number of hydrogen-bond donors (Lipinski definition) is 2. The van der Waals surface area contributed by atoms with Crippen molar-refractivity contribution in [2.75, 3.05) is 26.2 Å². The number of carbonyl (C=O) groups excluding carboxylic acids is 2. The van der Waals surface area contributed by atoms with Crippen molar-refractivity contribution in [3.05, 3.63) is 0 Å². The van der Waals surface area contributed by atoms with Gasteiger partial charge >= 0.3 is 0 Å². The molecular weight excluding hydrogens is 266 g/mol. The van der Waals surface area contributed by atoms with Crippen LogP contribution in [0.15, 0.2) is 0 Å². The van der Waals surface area contributed by atoms with E-state index < -0.39 is 0 Å². The Balaban J connectivity index is 1.81. The third-order valence-electron chi connectivity index (χ3n) is 4.54. The van der Waals surface area contributed by atoms with E-state index in [0.29, 0.717) is 6.54 Å². The molecule has 2 unspecified atom stereocenters. The average molecular weight is 295 g/mol. The molecule has 21 heavy (non-hydrogen) atoms. The normalized spacial score (nSPS) is 26.4. The monoisotopic (exact) mass is 295 g/mol. The van der Waals surface area contributed by atoms with Gasteiger partial charge in [-0.2, -0.15) is 0 Å². The predicted octanol–water partition coefficient (Wildman–Crippen LogP) is 1.28. The summed E-state index contributed by atoms with van der Waals surface area (Å²) < 4.78 is 0. The lowest BCUT2D eigenvalue weighted by atomic mass is 9.95. The van der Waals surface area contributed by atoms with E-state index in [2.05, 4.69) is 17.6 Å². The van der Waals surface area contributed by atoms with Gasteiger partial charge in [0.15, 0.2) is 0 Å². The van der Waals surface area contributed by atoms with Crippen LogP contribution in [0.2, 0.25) is 0 Å². The van der Waals surface area contributed by atoms with Crippen LogP contribution in [0, 0.1) is 5.92 Å². The van der Waals surface area contributed by atoms with Crippen LogP contribution in [0.5, 0.6) is 0 Å². The SMILES string of the molecule is CCCCNC(=O)C1CCCN(C(=O)C2CCCCN2)C1. The summed E-state index contributed by atoms with van der Waals surface area (Å²) in [4.78, 5) is 26.6. The van der Waals surface area contributed by atoms with E-state index in [1.165, 1.54) is 0 Å². The highest BCUT2D eigenvalue weighted by atomic mass is 16.2. The van der Waals surface area contributed by atoms with Gasteiger partial charge in [-0.3, -0.25) is 9.59 Å². The molecule has 120 valence electrons. The lowest BCUT2D eigenvalue weighted by Crippen LogP contribution is -2.53. The van der Waals surface area contributed by atoms with Crippen LogP contribution in [-0.4, -0.2) is 48.9 Å². The zero-order chi connectivity index (χ0) is 15.1. The number of unbranched alkanes of at least 4 members (excludes halogenated alkanes) is 1. The number of nitrogens with one attached hydrogen (secondary N) is 2. The number of amides is 2. The molecule has 5 heteroatoms. The first-order valence-corrected chi connectivity index (χ1v) is 8.52. The van der Waals surface area contributed by atoms with Gasteiger partial charge in [0.1, 0.15) is 0 Å². The molecule has 0 aromatic rings. The summed E-state index contributed by atoms with van der Waals surface area (Å²) in [5.74, 6) is 0.293. The van der Waals surface area contributed by atoms with Crippen molar-refractivity contribution < 1.29 is 9.59 Å². The smallest absolute Gasteiger partial charge is 0.239 e. The minimum atomic E-state index is -0.0272. The molecule has 0 aromatic heterocycles. The summed E-state index contributed by atoms with van der Waals surface area (Å²) in [6, 6.07) is -0.0272. The Bertz CT molecular complexity index is 353. The second-order valence-electron chi connectivity index (χ2n) is 6.27. The Morgan fingerprint density at radius 2 is 2.10 bits per heavy atom. The Morgan fingerprint density at radius 1 is 1.24 bits per heavy atom. The zero-order valence-corrected chi connectivity index (χ0v) is 13.2. The minimum Gasteiger partial charge on any atom is -0.356 e. The molecule has 2 aliphatic rings. The molecule has 0 aromatic carbocycles. The summed E-state index contributed by atoms with van der Waals surface area (Å²) in [6.45, 7) is 5.20. The van der Waals surface area contributed by atoms with Crippen LogP contribution in [-0.2, 0) is 9.59 Å². The van der Waals surface area contributed by atoms with Gasteiger partial charge in [0.25, 0.3) is 0 Å². The molecule has 0 radical (unpaired) electrons. The van der Waals surface area contributed by atoms with Gasteiger partial charge < -0.3 is 15.5 Å². The first-order chi connectivity index (χ1) is 10.2. The summed E-state index contributed by atoms with van der Waals surface area (Å²) in [6.07, 6.45) is 7.16. The molecule has 2 fully saturated rings. The zero-order valence-electron chi connectivity index (χ0n) is 13.2. The standard InChI is InChI=1S/C16H29N3O2/c1-2-3-9-18-15(20)13-7-6-11-19(12-13)16(21)14-8-4-5-10-17-14/h13-14,17H,2-12H2,1H3,(H,18,20). The van der Waals surface area contributed by atoms with Gasteiger partial charge in [-0.15, -0.1) is 0 Å². The fourth-order valence-electron chi connectivity index (χ4n) is 3.21. The summed E-state index contributed by atoms with van der Waals surface area (Å²) in [5, 5.41) is 6.31. The molecule has 2 rings (SSSR count). The Labute approximate surface area is 127 Å². The van der Waals surface area contributed by atoms with E-state index in [1.807, 2.05) is 4.90 Å². The third-order valence-corrected chi connectivity index (χ3v) is 4.54. The minimum absolute atomic E-state index is 0.0249. The molecule has 2 saturated heterocycles. The van der Waals surface area contributed by atoms with Crippen LogP contribution in [0.25, 0.3) is 0 Å². The number of hydrogen-bond acceptors (Lipinski definition) is 3. The van der Waals surface area contributed by atoms with Crippen LogP contribution >= 0.6 is 0 Å². The molecule has 0 bridgehead atoms. The largest absolute Gasteiger partial charge is 0.356 e. The number of likely N-dealkylation sites (tertiary alicyclic amines) is 1. The van der Waals surface area contributed by atoms with Gasteiger partial charge in [0.2, 0.25) is 11.8 Å². The molecule has 0 saturated carbocycles. The van der Waals surface area contributed by atoms with E-state index in [4.69, 9.17) is 0 Å². The number of carbonyl (C=O) groups is 2. The second kappa shape index (κ2) is 8.37. The maximum atomic E-state index is 12.5. The van der Waals surface area contributed by atoms with Crippen molar-refractivity contribution in [2.45, 2.75) is 57.9 Å². The fourth-order valence-corrected chi connectivity index (χ4v) is 3.21. The van der Waals surface area contributed by atoms with Crippen LogP contribution in [0.4, 0.5) is 0 Å². The molecule has 2 heterocycles. The lowest BCUT2D eigenvalue weighted by Gasteiger charge is -2.35. The van der Waals surface area contributed by atoms with Gasteiger partial charge in [-0.1, -0.05) is 19.8 Å². The first-order valence-electron chi connectivity index (χ1n) is 8.52. The molecule has 0 spiro atoms. The van der Waals surface area contributed by atoms with E-state index in [9.17, 15) is 9.59 Å². The molecule has 2 N–H and O–H groups in total. The predicted molar refractivity (Wildman–Crippen MR) is 82.9 cm³/mol. The van der Waals surface area contributed by atoms with Gasteiger partial charge in [-0.05, 0) is 38.6 Å². The van der Waals surface area contributed by atoms with E-state index in [-0.39, 0.29) is 23.8 Å². The van der Waals surface area contributed by atoms with Gasteiger partial charge in [0, 0.05) is 19.6 Å². The van der Waals surface area contributed by atoms with E-state index in [1.54, 1.807) is 0 Å². The average Bonchev–Trinajstić information content (AvgIpc) is 2.55. The van der Waals surface area contributed by atoms with E-state index in [0.717, 1.165) is 64.6 Å². The number of nitrogens with zero attached hydrogens (tertiary/aromatic N) is 1. The molecule has 0 aliphatic carbocycles. The van der Waals surface area contributed by atoms with Crippen LogP contribution in [0.3, 0.4) is 0 Å². The number of rotatable bonds is 5. The van der Waals surface area contributed by atoms with Crippen molar-refractivity contribution in [3.63, 3.8) is 0 Å². The molecule has 5 nitrogen and oxygen atoms in total. The molecule has 2 aliphatic heterocycles. The first kappa shape index (κ1) is 16.3. The molecule has 2 atom stereocenters. The Hall–Kier alpha value is -1.10. The second-order valence-corrected chi connectivity index (χ2v) is 6.27. The molecular formula is C16H29N3O2. The van der Waals surface area contributed by atoms with Crippen molar-refractivity contribution in [1.29, 1.82) is 0 Å². The van der Waals surface area contributed by atoms with Gasteiger partial charge in [0.05, 0.1) is 12.0 Å². The Kier molecular flexibility index (Phi) is 6.49. The highest BCUT2D eigenvalue weighted by Crippen LogP contribution is 2.19. The maximum Gasteiger partial charge on any atom is 0.239 e. The van der Waals surface area contributed by atoms with Crippen LogP contribution in [0.1, 0.15) is 51.9 Å². The molecule has 2 amide bonds. The Morgan fingerprint density at radius 3 is 2.81 bits per heavy atom. The quantitative estimate of drug-likeness (QED) is 0.751. The summed E-state index contributed by atoms with van der Waals surface area (Å²) in [7, 11) is 0. The van der Waals surface area contributed by atoms with Crippen LogP contribution < -0.4 is 10.6 Å². The van der Waals surface area contributed by atoms with Crippen molar-refractivity contribution >= 4 is 11.8 Å². The van der Waals surface area contributed by atoms with Gasteiger partial charge in [-0.25, -0.2) is 0 Å². The fraction of sp³-hybridized carbons (Fsp3) is 0.875. The van der Waals surface area contributed by atoms with Crippen molar-refractivity contribution in [3.8, 4) is 0 Å². The van der Waals surface area contributed by atoms with Crippen molar-refractivity contribution in [1.82, 2.24) is 15.5 Å². The van der Waals surface area contributed by atoms with Crippen molar-refractivity contribution in [2.24, 2.45) is 5.92 Å². The maximum absolute atomic E-state index is 12.5.